The van der Waals surface area contributed by atoms with Gasteiger partial charge in [0.2, 0.25) is 5.91 Å². The Morgan fingerprint density at radius 3 is 2.68 bits per heavy atom. The number of alkyl halides is 1. The fourth-order valence-electron chi connectivity index (χ4n) is 1.67. The van der Waals surface area contributed by atoms with Gasteiger partial charge in [0.25, 0.3) is 0 Å². The van der Waals surface area contributed by atoms with E-state index < -0.39 is 0 Å². The lowest BCUT2D eigenvalue weighted by Crippen LogP contribution is -2.11. The number of anilines is 1. The molecule has 100 valence electrons. The van der Waals surface area contributed by atoms with Gasteiger partial charge in [-0.05, 0) is 25.5 Å². The third kappa shape index (κ3) is 4.04. The maximum absolute atomic E-state index is 11.5. The van der Waals surface area contributed by atoms with Gasteiger partial charge in [-0.2, -0.15) is 0 Å². The van der Waals surface area contributed by atoms with Gasteiger partial charge in [0.1, 0.15) is 0 Å². The summed E-state index contributed by atoms with van der Waals surface area (Å²) in [6, 6.07) is 7.71. The van der Waals surface area contributed by atoms with Crippen molar-refractivity contribution < 1.29 is 4.79 Å². The zero-order valence-corrected chi connectivity index (χ0v) is 12.2. The van der Waals surface area contributed by atoms with E-state index in [-0.39, 0.29) is 5.91 Å². The van der Waals surface area contributed by atoms with Crippen LogP contribution >= 0.6 is 22.9 Å². The van der Waals surface area contributed by atoms with Crippen LogP contribution in [0.1, 0.15) is 17.8 Å². The van der Waals surface area contributed by atoms with Crippen molar-refractivity contribution in [3.05, 3.63) is 34.7 Å². The number of nitrogens with one attached hydrogen (secondary N) is 1. The van der Waals surface area contributed by atoms with Crippen LogP contribution in [-0.4, -0.2) is 16.8 Å². The predicted octanol–water partition coefficient (Wildman–Crippen LogP) is 4.08. The Hall–Kier alpha value is -1.39. The van der Waals surface area contributed by atoms with E-state index >= 15 is 0 Å². The minimum Gasteiger partial charge on any atom is -0.326 e. The third-order valence-electron chi connectivity index (χ3n) is 2.62. The molecule has 0 aliphatic rings. The van der Waals surface area contributed by atoms with Crippen LogP contribution < -0.4 is 5.32 Å². The quantitative estimate of drug-likeness (QED) is 0.844. The zero-order chi connectivity index (χ0) is 13.7. The summed E-state index contributed by atoms with van der Waals surface area (Å²) in [5, 5.41) is 5.93. The summed E-state index contributed by atoms with van der Waals surface area (Å²) < 4.78 is 0. The Balaban J connectivity index is 2.00. The number of hydrogen-bond donors (Lipinski definition) is 1. The molecule has 1 aromatic heterocycles. The topological polar surface area (TPSA) is 42.0 Å². The van der Waals surface area contributed by atoms with Crippen LogP contribution in [0.15, 0.2) is 29.6 Å². The summed E-state index contributed by atoms with van der Waals surface area (Å²) in [5.74, 6) is 0.508. The molecular weight excluding hydrogens is 280 g/mol. The van der Waals surface area contributed by atoms with Crippen LogP contribution in [0.4, 0.5) is 5.69 Å². The van der Waals surface area contributed by atoms with E-state index in [0.29, 0.717) is 18.7 Å². The second-order valence-corrected chi connectivity index (χ2v) is 5.61. The molecule has 1 N–H and O–H groups in total. The summed E-state index contributed by atoms with van der Waals surface area (Å²) in [6.45, 7) is 1.99. The van der Waals surface area contributed by atoms with Gasteiger partial charge in [0.05, 0.1) is 10.7 Å². The summed E-state index contributed by atoms with van der Waals surface area (Å²) in [7, 11) is 0. The first kappa shape index (κ1) is 14.0. The van der Waals surface area contributed by atoms with Crippen molar-refractivity contribution in [3.63, 3.8) is 0 Å². The van der Waals surface area contributed by atoms with E-state index in [1.54, 1.807) is 11.3 Å². The molecule has 0 aliphatic carbocycles. The molecule has 0 aliphatic heterocycles. The van der Waals surface area contributed by atoms with E-state index in [1.807, 2.05) is 36.6 Å². The second-order valence-electron chi connectivity index (χ2n) is 4.17. The number of thiazole rings is 1. The molecule has 19 heavy (non-hydrogen) atoms. The summed E-state index contributed by atoms with van der Waals surface area (Å²) in [4.78, 5) is 16.0. The Labute approximate surface area is 121 Å². The highest BCUT2D eigenvalue weighted by atomic mass is 35.5. The largest absolute Gasteiger partial charge is 0.326 e. The van der Waals surface area contributed by atoms with Gasteiger partial charge in [-0.1, -0.05) is 12.1 Å². The first-order valence-electron chi connectivity index (χ1n) is 6.07. The highest BCUT2D eigenvalue weighted by Crippen LogP contribution is 2.23. The number of carbonyl (C=O) groups excluding carboxylic acids is 1. The average molecular weight is 295 g/mol. The van der Waals surface area contributed by atoms with E-state index in [0.717, 1.165) is 22.0 Å². The molecule has 0 unspecified atom stereocenters. The van der Waals surface area contributed by atoms with Crippen LogP contribution in [0.25, 0.3) is 11.3 Å². The Morgan fingerprint density at radius 1 is 1.37 bits per heavy atom. The van der Waals surface area contributed by atoms with Gasteiger partial charge in [-0.25, -0.2) is 4.98 Å². The van der Waals surface area contributed by atoms with Crippen LogP contribution in [0.5, 0.6) is 0 Å². The first-order chi connectivity index (χ1) is 9.19. The molecule has 0 atom stereocenters. The standard InChI is InChI=1S/C14H15ClN2OS/c1-10-16-13(9-19-10)11-4-6-12(7-5-11)17-14(18)3-2-8-15/h4-7,9H,2-3,8H2,1H3,(H,17,18). The molecule has 1 heterocycles. The fraction of sp³-hybridized carbons (Fsp3) is 0.286. The van der Waals surface area contributed by atoms with E-state index in [1.165, 1.54) is 0 Å². The molecule has 0 radical (unpaired) electrons. The monoisotopic (exact) mass is 294 g/mol. The molecule has 3 nitrogen and oxygen atoms in total. The zero-order valence-electron chi connectivity index (χ0n) is 10.6. The Morgan fingerprint density at radius 2 is 2.11 bits per heavy atom. The van der Waals surface area contributed by atoms with Gasteiger partial charge in [0, 0.05) is 28.9 Å². The summed E-state index contributed by atoms with van der Waals surface area (Å²) >= 11 is 7.18. The van der Waals surface area contributed by atoms with Crippen LogP contribution in [0, 0.1) is 6.92 Å². The van der Waals surface area contributed by atoms with Crippen molar-refractivity contribution in [2.45, 2.75) is 19.8 Å². The number of halogens is 1. The lowest BCUT2D eigenvalue weighted by molar-refractivity contribution is -0.116. The van der Waals surface area contributed by atoms with Crippen molar-refractivity contribution in [1.29, 1.82) is 0 Å². The molecule has 0 fully saturated rings. The average Bonchev–Trinajstić information content (AvgIpc) is 2.84. The molecule has 5 heteroatoms. The number of amides is 1. The molecule has 0 saturated carbocycles. The van der Waals surface area contributed by atoms with Crippen LogP contribution in [0.3, 0.4) is 0 Å². The van der Waals surface area contributed by atoms with Crippen molar-refractivity contribution in [2.75, 3.05) is 11.2 Å². The van der Waals surface area contributed by atoms with Gasteiger partial charge >= 0.3 is 0 Å². The van der Waals surface area contributed by atoms with Gasteiger partial charge in [0.15, 0.2) is 0 Å². The molecule has 1 amide bonds. The second kappa shape index (κ2) is 6.68. The minimum absolute atomic E-state index is 0.00194. The normalized spacial score (nSPS) is 10.4. The van der Waals surface area contributed by atoms with Crippen molar-refractivity contribution >= 4 is 34.5 Å². The molecule has 0 saturated heterocycles. The van der Waals surface area contributed by atoms with Crippen LogP contribution in [-0.2, 0) is 4.79 Å². The number of rotatable bonds is 5. The van der Waals surface area contributed by atoms with E-state index in [2.05, 4.69) is 10.3 Å². The maximum atomic E-state index is 11.5. The predicted molar refractivity (Wildman–Crippen MR) is 80.9 cm³/mol. The number of hydrogen-bond acceptors (Lipinski definition) is 3. The third-order valence-corrected chi connectivity index (χ3v) is 3.66. The number of carbonyl (C=O) groups is 1. The van der Waals surface area contributed by atoms with Crippen molar-refractivity contribution in [1.82, 2.24) is 4.98 Å². The maximum Gasteiger partial charge on any atom is 0.224 e. The SMILES string of the molecule is Cc1nc(-c2ccc(NC(=O)CCCCl)cc2)cs1. The summed E-state index contributed by atoms with van der Waals surface area (Å²) in [5.41, 5.74) is 2.83. The molecular formula is C14H15ClN2OS. The Bertz CT molecular complexity index is 551. The molecule has 2 rings (SSSR count). The Kier molecular flexibility index (Phi) is 4.93. The smallest absolute Gasteiger partial charge is 0.224 e. The number of aromatic nitrogens is 1. The lowest BCUT2D eigenvalue weighted by atomic mass is 10.1. The van der Waals surface area contributed by atoms with Crippen LogP contribution in [0.2, 0.25) is 0 Å². The first-order valence-corrected chi connectivity index (χ1v) is 7.49. The lowest BCUT2D eigenvalue weighted by Gasteiger charge is -2.05. The summed E-state index contributed by atoms with van der Waals surface area (Å²) in [6.07, 6.45) is 1.15. The van der Waals surface area contributed by atoms with Gasteiger partial charge in [-0.15, -0.1) is 22.9 Å². The number of benzene rings is 1. The van der Waals surface area contributed by atoms with E-state index in [9.17, 15) is 4.79 Å². The van der Waals surface area contributed by atoms with Crippen molar-refractivity contribution in [2.24, 2.45) is 0 Å². The van der Waals surface area contributed by atoms with Gasteiger partial charge < -0.3 is 5.32 Å². The highest BCUT2D eigenvalue weighted by molar-refractivity contribution is 7.09. The number of nitrogens with zero attached hydrogens (tertiary/aromatic N) is 1. The molecule has 0 bridgehead atoms. The molecule has 1 aromatic carbocycles. The minimum atomic E-state index is -0.00194. The van der Waals surface area contributed by atoms with Crippen molar-refractivity contribution in [3.8, 4) is 11.3 Å². The number of aryl methyl sites for hydroxylation is 1. The van der Waals surface area contributed by atoms with E-state index in [4.69, 9.17) is 11.6 Å². The highest BCUT2D eigenvalue weighted by Gasteiger charge is 2.04. The fourth-order valence-corrected chi connectivity index (χ4v) is 2.43. The molecule has 2 aromatic rings. The van der Waals surface area contributed by atoms with Gasteiger partial charge in [-0.3, -0.25) is 4.79 Å². The molecule has 0 spiro atoms.